The summed E-state index contributed by atoms with van der Waals surface area (Å²) in [6, 6.07) is 4.94. The Hall–Kier alpha value is -1.80. The molecule has 0 aliphatic carbocycles. The maximum Gasteiger partial charge on any atom is 0.306 e. The van der Waals surface area contributed by atoms with Gasteiger partial charge in [-0.1, -0.05) is 19.9 Å². The zero-order chi connectivity index (χ0) is 18.3. The van der Waals surface area contributed by atoms with Gasteiger partial charge < -0.3 is 18.6 Å². The summed E-state index contributed by atoms with van der Waals surface area (Å²) in [6.45, 7) is 4.91. The average Bonchev–Trinajstić information content (AvgIpc) is 2.45. The Balaban J connectivity index is 3.06. The first kappa shape index (κ1) is 20.2. The molecule has 0 radical (unpaired) electrons. The molecule has 0 saturated carbocycles. The van der Waals surface area contributed by atoms with Crippen molar-refractivity contribution in [1.82, 2.24) is 4.90 Å². The van der Waals surface area contributed by atoms with Crippen LogP contribution in [0.15, 0.2) is 18.2 Å². The van der Waals surface area contributed by atoms with Crippen LogP contribution in [0.1, 0.15) is 19.4 Å². The van der Waals surface area contributed by atoms with Crippen molar-refractivity contribution in [2.24, 2.45) is 5.92 Å². The minimum atomic E-state index is -3.68. The first-order valence-electron chi connectivity index (χ1n) is 7.49. The molecule has 24 heavy (non-hydrogen) atoms. The van der Waals surface area contributed by atoms with Crippen molar-refractivity contribution in [3.8, 4) is 11.5 Å². The van der Waals surface area contributed by atoms with Gasteiger partial charge in [0.15, 0.2) is 11.5 Å². The number of carbonyl (C=O) groups excluding carboxylic acids is 1. The van der Waals surface area contributed by atoms with Crippen LogP contribution in [0.4, 0.5) is 0 Å². The molecule has 0 bridgehead atoms. The SMILES string of the molecule is COCC(=O)N(Cc1ccc(OC)c(OS(C)(=O)=O)c1)CC(C)C. The number of rotatable bonds is 9. The van der Waals surface area contributed by atoms with Crippen molar-refractivity contribution in [2.45, 2.75) is 20.4 Å². The molecule has 0 aromatic heterocycles. The minimum absolute atomic E-state index is 0.00439. The molecule has 1 aromatic rings. The molecular formula is C16H25NO6S. The molecule has 0 aliphatic rings. The molecule has 0 N–H and O–H groups in total. The summed E-state index contributed by atoms with van der Waals surface area (Å²) in [6.07, 6.45) is 0.965. The van der Waals surface area contributed by atoms with Gasteiger partial charge in [-0.2, -0.15) is 8.42 Å². The van der Waals surface area contributed by atoms with Gasteiger partial charge in [0.2, 0.25) is 5.91 Å². The van der Waals surface area contributed by atoms with Gasteiger partial charge in [-0.25, -0.2) is 0 Å². The Bertz CT molecular complexity index is 657. The van der Waals surface area contributed by atoms with E-state index in [1.807, 2.05) is 13.8 Å². The molecule has 0 fully saturated rings. The molecule has 1 amide bonds. The zero-order valence-corrected chi connectivity index (χ0v) is 15.6. The third-order valence-corrected chi connectivity index (χ3v) is 3.53. The lowest BCUT2D eigenvalue weighted by Crippen LogP contribution is -2.36. The molecule has 0 spiro atoms. The van der Waals surface area contributed by atoms with Crippen LogP contribution in [-0.4, -0.2) is 52.9 Å². The largest absolute Gasteiger partial charge is 0.493 e. The van der Waals surface area contributed by atoms with E-state index >= 15 is 0 Å². The average molecular weight is 359 g/mol. The van der Waals surface area contributed by atoms with Crippen LogP contribution in [0, 0.1) is 5.92 Å². The maximum atomic E-state index is 12.2. The number of carbonyl (C=O) groups is 1. The van der Waals surface area contributed by atoms with Gasteiger partial charge in [-0.05, 0) is 23.6 Å². The Kier molecular flexibility index (Phi) is 7.50. The molecule has 0 unspecified atom stereocenters. The lowest BCUT2D eigenvalue weighted by molar-refractivity contribution is -0.136. The first-order chi connectivity index (χ1) is 11.2. The van der Waals surface area contributed by atoms with Gasteiger partial charge in [0.1, 0.15) is 6.61 Å². The van der Waals surface area contributed by atoms with Crippen LogP contribution >= 0.6 is 0 Å². The molecular weight excluding hydrogens is 334 g/mol. The van der Waals surface area contributed by atoms with E-state index < -0.39 is 10.1 Å². The molecule has 1 aromatic carbocycles. The van der Waals surface area contributed by atoms with Crippen LogP contribution in [0.3, 0.4) is 0 Å². The van der Waals surface area contributed by atoms with Crippen molar-refractivity contribution in [3.05, 3.63) is 23.8 Å². The van der Waals surface area contributed by atoms with E-state index in [9.17, 15) is 13.2 Å². The highest BCUT2D eigenvalue weighted by Gasteiger charge is 2.17. The summed E-state index contributed by atoms with van der Waals surface area (Å²) in [5.41, 5.74) is 0.736. The van der Waals surface area contributed by atoms with E-state index in [0.717, 1.165) is 11.8 Å². The predicted octanol–water partition coefficient (Wildman–Crippen LogP) is 1.66. The Labute approximate surface area is 143 Å². The Morgan fingerprint density at radius 3 is 2.38 bits per heavy atom. The number of benzene rings is 1. The van der Waals surface area contributed by atoms with Gasteiger partial charge in [0.25, 0.3) is 0 Å². The summed E-state index contributed by atoms with van der Waals surface area (Å²) in [4.78, 5) is 13.8. The molecule has 136 valence electrons. The monoisotopic (exact) mass is 359 g/mol. The zero-order valence-electron chi connectivity index (χ0n) is 14.7. The van der Waals surface area contributed by atoms with Gasteiger partial charge >= 0.3 is 10.1 Å². The number of ether oxygens (including phenoxy) is 2. The van der Waals surface area contributed by atoms with Gasteiger partial charge in [-0.3, -0.25) is 4.79 Å². The topological polar surface area (TPSA) is 82.1 Å². The molecule has 0 aliphatic heterocycles. The molecule has 0 atom stereocenters. The van der Waals surface area contributed by atoms with Gasteiger partial charge in [-0.15, -0.1) is 0 Å². The summed E-state index contributed by atoms with van der Waals surface area (Å²) in [5.74, 6) is 0.562. The van der Waals surface area contributed by atoms with Crippen LogP contribution in [0.5, 0.6) is 11.5 Å². The third kappa shape index (κ3) is 6.76. The maximum absolute atomic E-state index is 12.2. The van der Waals surface area contributed by atoms with E-state index in [-0.39, 0.29) is 24.2 Å². The van der Waals surface area contributed by atoms with Crippen LogP contribution in [0.25, 0.3) is 0 Å². The van der Waals surface area contributed by atoms with Crippen LogP contribution < -0.4 is 8.92 Å². The summed E-state index contributed by atoms with van der Waals surface area (Å²) in [7, 11) is -0.782. The number of hydrogen-bond donors (Lipinski definition) is 0. The van der Waals surface area contributed by atoms with Crippen molar-refractivity contribution < 1.29 is 26.9 Å². The quantitative estimate of drug-likeness (QED) is 0.624. The fraction of sp³-hybridized carbons (Fsp3) is 0.562. The fourth-order valence-corrected chi connectivity index (χ4v) is 2.63. The van der Waals surface area contributed by atoms with E-state index in [1.165, 1.54) is 14.2 Å². The number of methoxy groups -OCH3 is 2. The lowest BCUT2D eigenvalue weighted by Gasteiger charge is -2.25. The normalized spacial score (nSPS) is 11.4. The van der Waals surface area contributed by atoms with Gasteiger partial charge in [0.05, 0.1) is 13.4 Å². The third-order valence-electron chi connectivity index (χ3n) is 3.05. The second kappa shape index (κ2) is 8.89. The van der Waals surface area contributed by atoms with Crippen LogP contribution in [-0.2, 0) is 26.2 Å². The number of hydrogen-bond acceptors (Lipinski definition) is 6. The molecule has 8 heteroatoms. The Morgan fingerprint density at radius 2 is 1.88 bits per heavy atom. The molecule has 0 heterocycles. The highest BCUT2D eigenvalue weighted by atomic mass is 32.2. The van der Waals surface area contributed by atoms with Crippen molar-refractivity contribution in [2.75, 3.05) is 33.6 Å². The van der Waals surface area contributed by atoms with E-state index in [4.69, 9.17) is 13.7 Å². The second-order valence-corrected chi connectivity index (χ2v) is 7.45. The fourth-order valence-electron chi connectivity index (χ4n) is 2.18. The number of amides is 1. The van der Waals surface area contributed by atoms with E-state index in [0.29, 0.717) is 18.8 Å². The van der Waals surface area contributed by atoms with E-state index in [2.05, 4.69) is 0 Å². The number of nitrogens with zero attached hydrogens (tertiary/aromatic N) is 1. The molecule has 0 saturated heterocycles. The summed E-state index contributed by atoms with van der Waals surface area (Å²) < 4.78 is 37.7. The van der Waals surface area contributed by atoms with Crippen molar-refractivity contribution >= 4 is 16.0 Å². The highest BCUT2D eigenvalue weighted by Crippen LogP contribution is 2.29. The Morgan fingerprint density at radius 1 is 1.21 bits per heavy atom. The lowest BCUT2D eigenvalue weighted by atomic mass is 10.1. The predicted molar refractivity (Wildman–Crippen MR) is 90.6 cm³/mol. The molecule has 1 rings (SSSR count). The van der Waals surface area contributed by atoms with Crippen LogP contribution in [0.2, 0.25) is 0 Å². The summed E-state index contributed by atoms with van der Waals surface area (Å²) >= 11 is 0. The minimum Gasteiger partial charge on any atom is -0.493 e. The second-order valence-electron chi connectivity index (χ2n) is 5.87. The standard InChI is InChI=1S/C16H25NO6S/c1-12(2)9-17(16(18)11-21-3)10-13-6-7-14(22-4)15(8-13)23-24(5,19)20/h6-8,12H,9-11H2,1-5H3. The summed E-state index contributed by atoms with van der Waals surface area (Å²) in [5, 5.41) is 0. The smallest absolute Gasteiger partial charge is 0.306 e. The first-order valence-corrected chi connectivity index (χ1v) is 9.31. The van der Waals surface area contributed by atoms with Gasteiger partial charge in [0, 0.05) is 20.2 Å². The van der Waals surface area contributed by atoms with Crippen molar-refractivity contribution in [3.63, 3.8) is 0 Å². The highest BCUT2D eigenvalue weighted by molar-refractivity contribution is 7.86. The molecule has 7 nitrogen and oxygen atoms in total. The van der Waals surface area contributed by atoms with E-state index in [1.54, 1.807) is 23.1 Å². The van der Waals surface area contributed by atoms with Crippen molar-refractivity contribution in [1.29, 1.82) is 0 Å².